The number of halogens is 1. The van der Waals surface area contributed by atoms with Crippen LogP contribution in [0.25, 0.3) is 0 Å². The number of benzene rings is 1. The van der Waals surface area contributed by atoms with Crippen LogP contribution in [0.3, 0.4) is 0 Å². The molecule has 1 aromatic carbocycles. The van der Waals surface area contributed by atoms with Crippen molar-refractivity contribution in [2.24, 2.45) is 17.3 Å². The summed E-state index contributed by atoms with van der Waals surface area (Å²) in [5.74, 6) is 1.03. The van der Waals surface area contributed by atoms with Crippen LogP contribution in [0, 0.1) is 24.2 Å². The number of carbonyl (C=O) groups is 2. The van der Waals surface area contributed by atoms with Gasteiger partial charge in [-0.15, -0.1) is 0 Å². The Balaban J connectivity index is 1.24. The minimum Gasteiger partial charge on any atom is -0.456 e. The van der Waals surface area contributed by atoms with Crippen molar-refractivity contribution in [2.45, 2.75) is 62.7 Å². The molecule has 0 aromatic heterocycles. The van der Waals surface area contributed by atoms with E-state index in [-0.39, 0.29) is 28.2 Å². The highest BCUT2D eigenvalue weighted by Gasteiger charge is 2.57. The summed E-state index contributed by atoms with van der Waals surface area (Å²) in [6.45, 7) is 2.30. The average molecular weight is 434 g/mol. The van der Waals surface area contributed by atoms with Crippen molar-refractivity contribution in [1.82, 2.24) is 5.32 Å². The van der Waals surface area contributed by atoms with E-state index >= 15 is 0 Å². The van der Waals surface area contributed by atoms with Crippen molar-refractivity contribution in [3.8, 4) is 0 Å². The average Bonchev–Trinajstić information content (AvgIpc) is 2.57. The van der Waals surface area contributed by atoms with Gasteiger partial charge in [0.2, 0.25) is 0 Å². The highest BCUT2D eigenvalue weighted by atomic mass is 79.9. The van der Waals surface area contributed by atoms with Crippen LogP contribution in [0.1, 0.15) is 56.1 Å². The third kappa shape index (κ3) is 4.39. The van der Waals surface area contributed by atoms with Crippen LogP contribution in [-0.4, -0.2) is 22.8 Å². The maximum Gasteiger partial charge on any atom is 0.306 e. The summed E-state index contributed by atoms with van der Waals surface area (Å²) in [7, 11) is 0. The Labute approximate surface area is 169 Å². The van der Waals surface area contributed by atoms with Gasteiger partial charge in [-0.3, -0.25) is 9.59 Å². The maximum atomic E-state index is 12.4. The third-order valence-corrected chi connectivity index (χ3v) is 7.53. The number of hydrogen-bond donors (Lipinski definition) is 1. The molecule has 27 heavy (non-hydrogen) atoms. The molecule has 0 spiro atoms. The lowest BCUT2D eigenvalue weighted by molar-refractivity contribution is -0.154. The Morgan fingerprint density at radius 3 is 2.44 bits per heavy atom. The fourth-order valence-corrected chi connectivity index (χ4v) is 7.51. The van der Waals surface area contributed by atoms with Gasteiger partial charge in [0.25, 0.3) is 5.91 Å². The molecular weight excluding hydrogens is 406 g/mol. The van der Waals surface area contributed by atoms with Gasteiger partial charge in [0, 0.05) is 10.9 Å². The molecule has 4 fully saturated rings. The fraction of sp³-hybridized carbons (Fsp3) is 0.636. The van der Waals surface area contributed by atoms with Gasteiger partial charge < -0.3 is 10.1 Å². The van der Waals surface area contributed by atoms with Crippen molar-refractivity contribution in [1.29, 1.82) is 0 Å². The van der Waals surface area contributed by atoms with Crippen molar-refractivity contribution in [3.63, 3.8) is 0 Å². The Morgan fingerprint density at radius 2 is 1.81 bits per heavy atom. The van der Waals surface area contributed by atoms with Crippen LogP contribution in [0.5, 0.6) is 0 Å². The van der Waals surface area contributed by atoms with Gasteiger partial charge >= 0.3 is 5.97 Å². The first-order valence-electron chi connectivity index (χ1n) is 10.00. The number of carbonyl (C=O) groups excluding carboxylic acids is 2. The minimum absolute atomic E-state index is 0.0864. The quantitative estimate of drug-likeness (QED) is 0.537. The molecule has 5 rings (SSSR count). The van der Waals surface area contributed by atoms with E-state index in [4.69, 9.17) is 4.74 Å². The Hall–Kier alpha value is -1.36. The number of alkyl halides is 1. The van der Waals surface area contributed by atoms with E-state index in [1.54, 1.807) is 0 Å². The second-order valence-electron chi connectivity index (χ2n) is 9.21. The fourth-order valence-electron chi connectivity index (χ4n) is 6.00. The van der Waals surface area contributed by atoms with Crippen molar-refractivity contribution < 1.29 is 14.3 Å². The highest BCUT2D eigenvalue weighted by molar-refractivity contribution is 9.10. The first kappa shape index (κ1) is 19.0. The van der Waals surface area contributed by atoms with Crippen LogP contribution in [-0.2, 0) is 20.9 Å². The first-order valence-corrected chi connectivity index (χ1v) is 10.8. The minimum atomic E-state index is -0.244. The molecule has 0 radical (unpaired) electrons. The normalized spacial score (nSPS) is 33.7. The molecule has 4 saturated carbocycles. The van der Waals surface area contributed by atoms with E-state index in [0.717, 1.165) is 36.7 Å². The predicted octanol–water partition coefficient (Wildman–Crippen LogP) is 4.28. The van der Waals surface area contributed by atoms with Crippen molar-refractivity contribution in [2.75, 3.05) is 6.61 Å². The predicted molar refractivity (Wildman–Crippen MR) is 107 cm³/mol. The summed E-state index contributed by atoms with van der Waals surface area (Å²) in [6, 6.07) is 8.02. The molecule has 5 heteroatoms. The summed E-state index contributed by atoms with van der Waals surface area (Å²) >= 11 is 3.98. The SMILES string of the molecule is Cc1ccc(CNC(=O)COC(=O)CC23CC4CC(CC(Br)(C4)C2)C3)cc1. The molecular formula is C22H28BrNO3. The zero-order valence-electron chi connectivity index (χ0n) is 15.9. The molecule has 0 saturated heterocycles. The molecule has 4 aliphatic carbocycles. The molecule has 146 valence electrons. The molecule has 0 heterocycles. The summed E-state index contributed by atoms with van der Waals surface area (Å²) in [4.78, 5) is 24.4. The van der Waals surface area contributed by atoms with Gasteiger partial charge in [-0.25, -0.2) is 0 Å². The van der Waals surface area contributed by atoms with Crippen LogP contribution in [0.15, 0.2) is 24.3 Å². The maximum absolute atomic E-state index is 12.4. The van der Waals surface area contributed by atoms with Gasteiger partial charge in [0.05, 0.1) is 6.42 Å². The number of aryl methyl sites for hydroxylation is 1. The zero-order valence-corrected chi connectivity index (χ0v) is 17.5. The summed E-state index contributed by atoms with van der Waals surface area (Å²) in [5, 5.41) is 2.82. The second-order valence-corrected chi connectivity index (χ2v) is 10.9. The second kappa shape index (κ2) is 7.23. The Kier molecular flexibility index (Phi) is 5.08. The molecule has 1 amide bonds. The summed E-state index contributed by atoms with van der Waals surface area (Å²) < 4.78 is 5.56. The van der Waals surface area contributed by atoms with Gasteiger partial charge in [0.1, 0.15) is 0 Å². The van der Waals surface area contributed by atoms with E-state index in [1.165, 1.54) is 24.8 Å². The molecule has 2 unspecified atom stereocenters. The number of amides is 1. The number of hydrogen-bond acceptors (Lipinski definition) is 3. The van der Waals surface area contributed by atoms with Crippen LogP contribution >= 0.6 is 15.9 Å². The van der Waals surface area contributed by atoms with Crippen LogP contribution < -0.4 is 5.32 Å². The van der Waals surface area contributed by atoms with Crippen molar-refractivity contribution >= 4 is 27.8 Å². The smallest absolute Gasteiger partial charge is 0.306 e. The van der Waals surface area contributed by atoms with E-state index < -0.39 is 0 Å². The zero-order chi connectivity index (χ0) is 19.1. The molecule has 2 atom stereocenters. The molecule has 1 aromatic rings. The standard InChI is InChI=1S/C22H28BrNO3/c1-15-2-4-16(5-3-15)12-24-19(25)13-27-20(26)11-21-7-17-6-18(8-21)10-22(23,9-17)14-21/h2-5,17-18H,6-14H2,1H3,(H,24,25). The molecule has 1 N–H and O–H groups in total. The summed E-state index contributed by atoms with van der Waals surface area (Å²) in [5.41, 5.74) is 2.31. The lowest BCUT2D eigenvalue weighted by Crippen LogP contribution is -2.53. The van der Waals surface area contributed by atoms with E-state index in [0.29, 0.717) is 13.0 Å². The number of esters is 1. The first-order chi connectivity index (χ1) is 12.8. The largest absolute Gasteiger partial charge is 0.456 e. The topological polar surface area (TPSA) is 55.4 Å². The van der Waals surface area contributed by atoms with Crippen molar-refractivity contribution in [3.05, 3.63) is 35.4 Å². The molecule has 0 aliphatic heterocycles. The Morgan fingerprint density at radius 1 is 1.15 bits per heavy atom. The van der Waals surface area contributed by atoms with E-state index in [9.17, 15) is 9.59 Å². The Bertz CT molecular complexity index is 716. The van der Waals surface area contributed by atoms with Gasteiger partial charge in [0.15, 0.2) is 6.61 Å². The monoisotopic (exact) mass is 433 g/mol. The summed E-state index contributed by atoms with van der Waals surface area (Å²) in [6.07, 6.45) is 7.65. The van der Waals surface area contributed by atoms with Gasteiger partial charge in [-0.05, 0) is 68.3 Å². The number of ether oxygens (including phenoxy) is 1. The lowest BCUT2D eigenvalue weighted by Gasteiger charge is -2.60. The lowest BCUT2D eigenvalue weighted by atomic mass is 9.49. The van der Waals surface area contributed by atoms with Gasteiger partial charge in [-0.2, -0.15) is 0 Å². The van der Waals surface area contributed by atoms with Gasteiger partial charge in [-0.1, -0.05) is 45.8 Å². The molecule has 4 bridgehead atoms. The number of rotatable bonds is 6. The van der Waals surface area contributed by atoms with E-state index in [2.05, 4.69) is 21.2 Å². The van der Waals surface area contributed by atoms with Crippen LogP contribution in [0.2, 0.25) is 0 Å². The van der Waals surface area contributed by atoms with Crippen LogP contribution in [0.4, 0.5) is 0 Å². The van der Waals surface area contributed by atoms with E-state index in [1.807, 2.05) is 31.2 Å². The highest BCUT2D eigenvalue weighted by Crippen LogP contribution is 2.65. The molecule has 4 nitrogen and oxygen atoms in total. The number of nitrogens with one attached hydrogen (secondary N) is 1. The third-order valence-electron chi connectivity index (χ3n) is 6.60. The molecule has 4 aliphatic rings.